The van der Waals surface area contributed by atoms with Gasteiger partial charge in [0.2, 0.25) is 0 Å². The third-order valence-electron chi connectivity index (χ3n) is 1.79. The fourth-order valence-corrected chi connectivity index (χ4v) is 0.966. The van der Waals surface area contributed by atoms with Gasteiger partial charge < -0.3 is 5.32 Å². The molecule has 0 aromatic heterocycles. The summed E-state index contributed by atoms with van der Waals surface area (Å²) in [7, 11) is 0. The first-order valence-electron chi connectivity index (χ1n) is 4.39. The molecule has 1 heterocycles. The van der Waals surface area contributed by atoms with E-state index in [2.05, 4.69) is 12.2 Å². The summed E-state index contributed by atoms with van der Waals surface area (Å²) >= 11 is 0. The van der Waals surface area contributed by atoms with Crippen LogP contribution >= 0.6 is 0 Å². The zero-order chi connectivity index (χ0) is 8.53. The molecule has 2 nitrogen and oxygen atoms in total. The van der Waals surface area contributed by atoms with Crippen LogP contribution < -0.4 is 5.32 Å². The van der Waals surface area contributed by atoms with Crippen LogP contribution in [0.2, 0.25) is 0 Å². The Morgan fingerprint density at radius 1 is 1.45 bits per heavy atom. The summed E-state index contributed by atoms with van der Waals surface area (Å²) in [6.07, 6.45) is 3.38. The third-order valence-corrected chi connectivity index (χ3v) is 1.79. The van der Waals surface area contributed by atoms with Gasteiger partial charge in [-0.3, -0.25) is 0 Å². The van der Waals surface area contributed by atoms with E-state index in [0.717, 1.165) is 5.92 Å². The highest BCUT2D eigenvalue weighted by Gasteiger charge is 2.04. The molecular formula is C9H18N2. The first kappa shape index (κ1) is 10.4. The van der Waals surface area contributed by atoms with Gasteiger partial charge in [0.05, 0.1) is 6.07 Å². The molecule has 11 heavy (non-hydrogen) atoms. The van der Waals surface area contributed by atoms with E-state index < -0.39 is 0 Å². The molecule has 0 aliphatic carbocycles. The van der Waals surface area contributed by atoms with Crippen molar-refractivity contribution < 1.29 is 0 Å². The van der Waals surface area contributed by atoms with Crippen LogP contribution in [0, 0.1) is 17.2 Å². The lowest BCUT2D eigenvalue weighted by atomic mass is 10.0. The summed E-state index contributed by atoms with van der Waals surface area (Å²) in [6, 6.07) is 1.93. The van der Waals surface area contributed by atoms with E-state index in [4.69, 9.17) is 5.26 Å². The number of piperidine rings is 1. The molecule has 2 heteroatoms. The van der Waals surface area contributed by atoms with Crippen LogP contribution in [0.5, 0.6) is 0 Å². The summed E-state index contributed by atoms with van der Waals surface area (Å²) in [6.45, 7) is 6.61. The topological polar surface area (TPSA) is 35.8 Å². The first-order valence-corrected chi connectivity index (χ1v) is 4.39. The predicted molar refractivity (Wildman–Crippen MR) is 47.2 cm³/mol. The van der Waals surface area contributed by atoms with Gasteiger partial charge in [0, 0.05) is 6.42 Å². The fraction of sp³-hybridized carbons (Fsp3) is 0.889. The monoisotopic (exact) mass is 154 g/mol. The molecule has 0 unspecified atom stereocenters. The van der Waals surface area contributed by atoms with E-state index in [9.17, 15) is 0 Å². The van der Waals surface area contributed by atoms with Crippen LogP contribution in [0.15, 0.2) is 0 Å². The molecule has 1 fully saturated rings. The zero-order valence-electron chi connectivity index (χ0n) is 7.56. The van der Waals surface area contributed by atoms with E-state index in [1.165, 1.54) is 25.9 Å². The minimum Gasteiger partial charge on any atom is -0.317 e. The Kier molecular flexibility index (Phi) is 7.18. The summed E-state index contributed by atoms with van der Waals surface area (Å²) < 4.78 is 0. The van der Waals surface area contributed by atoms with Crippen LogP contribution in [-0.2, 0) is 0 Å². The molecule has 0 aromatic rings. The largest absolute Gasteiger partial charge is 0.317 e. The van der Waals surface area contributed by atoms with E-state index in [1.54, 1.807) is 0 Å². The van der Waals surface area contributed by atoms with Gasteiger partial charge >= 0.3 is 0 Å². The molecule has 1 saturated heterocycles. The Balaban J connectivity index is 0.000000218. The van der Waals surface area contributed by atoms with Crippen LogP contribution in [-0.4, -0.2) is 13.1 Å². The number of nitrogens with zero attached hydrogens (tertiary/aromatic N) is 1. The number of nitrogens with one attached hydrogen (secondary N) is 1. The Morgan fingerprint density at radius 2 is 1.91 bits per heavy atom. The van der Waals surface area contributed by atoms with Crippen LogP contribution in [0.25, 0.3) is 0 Å². The van der Waals surface area contributed by atoms with E-state index in [-0.39, 0.29) is 0 Å². The molecule has 1 aliphatic rings. The maximum atomic E-state index is 7.62. The van der Waals surface area contributed by atoms with Crippen LogP contribution in [0.1, 0.15) is 33.1 Å². The Hall–Kier alpha value is -0.550. The van der Waals surface area contributed by atoms with Gasteiger partial charge in [0.1, 0.15) is 0 Å². The molecule has 0 amide bonds. The molecular weight excluding hydrogens is 136 g/mol. The second-order valence-electron chi connectivity index (χ2n) is 2.94. The maximum absolute atomic E-state index is 7.62. The molecule has 0 spiro atoms. The Labute approximate surface area is 69.6 Å². The van der Waals surface area contributed by atoms with Crippen molar-refractivity contribution in [2.45, 2.75) is 33.1 Å². The second kappa shape index (κ2) is 7.56. The van der Waals surface area contributed by atoms with Gasteiger partial charge in [-0.25, -0.2) is 0 Å². The minimum atomic E-state index is 0.625. The van der Waals surface area contributed by atoms with Gasteiger partial charge in [-0.2, -0.15) is 5.26 Å². The quantitative estimate of drug-likeness (QED) is 0.578. The summed E-state index contributed by atoms with van der Waals surface area (Å²) in [4.78, 5) is 0. The molecule has 1 aliphatic heterocycles. The molecule has 1 N–H and O–H groups in total. The SMILES string of the molecule is CC1CCNCC1.CCC#N. The zero-order valence-corrected chi connectivity index (χ0v) is 7.56. The minimum absolute atomic E-state index is 0.625. The Morgan fingerprint density at radius 3 is 2.09 bits per heavy atom. The summed E-state index contributed by atoms with van der Waals surface area (Å²) in [5.74, 6) is 0.973. The van der Waals surface area contributed by atoms with Gasteiger partial charge in [0.25, 0.3) is 0 Å². The van der Waals surface area contributed by atoms with Gasteiger partial charge in [-0.1, -0.05) is 13.8 Å². The number of hydrogen-bond donors (Lipinski definition) is 1. The third kappa shape index (κ3) is 7.35. The van der Waals surface area contributed by atoms with Crippen molar-refractivity contribution in [1.29, 1.82) is 5.26 Å². The molecule has 1 rings (SSSR count). The van der Waals surface area contributed by atoms with E-state index in [0.29, 0.717) is 6.42 Å². The number of hydrogen-bond acceptors (Lipinski definition) is 2. The molecule has 64 valence electrons. The lowest BCUT2D eigenvalue weighted by molar-refractivity contribution is 0.402. The normalized spacial score (nSPS) is 17.9. The average Bonchev–Trinajstić information content (AvgIpc) is 2.07. The first-order chi connectivity index (χ1) is 5.31. The van der Waals surface area contributed by atoms with Crippen molar-refractivity contribution in [1.82, 2.24) is 5.32 Å². The van der Waals surface area contributed by atoms with Gasteiger partial charge in [-0.05, 0) is 31.8 Å². The highest BCUT2D eigenvalue weighted by atomic mass is 14.9. The highest BCUT2D eigenvalue weighted by molar-refractivity contribution is 4.63. The van der Waals surface area contributed by atoms with Crippen molar-refractivity contribution in [3.05, 3.63) is 0 Å². The molecule has 0 saturated carbocycles. The van der Waals surface area contributed by atoms with E-state index in [1.807, 2.05) is 13.0 Å². The number of nitriles is 1. The molecule has 0 radical (unpaired) electrons. The lowest BCUT2D eigenvalue weighted by Gasteiger charge is -2.17. The maximum Gasteiger partial charge on any atom is 0.0618 e. The average molecular weight is 154 g/mol. The van der Waals surface area contributed by atoms with Crippen molar-refractivity contribution >= 4 is 0 Å². The van der Waals surface area contributed by atoms with Crippen molar-refractivity contribution in [2.24, 2.45) is 5.92 Å². The predicted octanol–water partition coefficient (Wildman–Crippen LogP) is 1.93. The van der Waals surface area contributed by atoms with Gasteiger partial charge in [-0.15, -0.1) is 0 Å². The standard InChI is InChI=1S/C6H13N.C3H5N/c1-6-2-4-7-5-3-6;1-2-3-4/h6-7H,2-5H2,1H3;2H2,1H3. The second-order valence-corrected chi connectivity index (χ2v) is 2.94. The Bertz CT molecular complexity index is 109. The highest BCUT2D eigenvalue weighted by Crippen LogP contribution is 2.08. The van der Waals surface area contributed by atoms with Crippen LogP contribution in [0.3, 0.4) is 0 Å². The molecule has 0 bridgehead atoms. The lowest BCUT2D eigenvalue weighted by Crippen LogP contribution is -2.26. The molecule has 0 atom stereocenters. The summed E-state index contributed by atoms with van der Waals surface area (Å²) in [5.41, 5.74) is 0. The smallest absolute Gasteiger partial charge is 0.0618 e. The van der Waals surface area contributed by atoms with Crippen molar-refractivity contribution in [3.8, 4) is 6.07 Å². The number of rotatable bonds is 0. The van der Waals surface area contributed by atoms with E-state index >= 15 is 0 Å². The van der Waals surface area contributed by atoms with Crippen molar-refractivity contribution in [3.63, 3.8) is 0 Å². The fourth-order valence-electron chi connectivity index (χ4n) is 0.966. The summed E-state index contributed by atoms with van der Waals surface area (Å²) in [5, 5.41) is 10.9. The molecule has 0 aromatic carbocycles. The van der Waals surface area contributed by atoms with Crippen molar-refractivity contribution in [2.75, 3.05) is 13.1 Å². The van der Waals surface area contributed by atoms with Crippen LogP contribution in [0.4, 0.5) is 0 Å². The van der Waals surface area contributed by atoms with Gasteiger partial charge in [0.15, 0.2) is 0 Å².